The van der Waals surface area contributed by atoms with Gasteiger partial charge in [0.2, 0.25) is 0 Å². The minimum atomic E-state index is -0.561. The van der Waals surface area contributed by atoms with Crippen molar-refractivity contribution in [3.63, 3.8) is 0 Å². The van der Waals surface area contributed by atoms with Crippen LogP contribution >= 0.6 is 0 Å². The number of non-ortho nitro benzene ring substituents is 1. The molecule has 0 bridgehead atoms. The molecule has 0 aliphatic rings. The zero-order valence-corrected chi connectivity index (χ0v) is 21.0. The number of hydrogen-bond acceptors (Lipinski definition) is 5. The summed E-state index contributed by atoms with van der Waals surface area (Å²) in [4.78, 5) is 44.2. The number of amides is 2. The molecule has 1 aromatic heterocycles. The maximum Gasteiger partial charge on any atom is 0.322 e. The lowest BCUT2D eigenvalue weighted by atomic mass is 10.1. The van der Waals surface area contributed by atoms with Crippen LogP contribution in [0.4, 0.5) is 16.2 Å². The highest BCUT2D eigenvalue weighted by atomic mass is 16.6. The molecule has 0 aliphatic carbocycles. The third kappa shape index (κ3) is 5.66. The van der Waals surface area contributed by atoms with E-state index in [0.717, 1.165) is 6.42 Å². The van der Waals surface area contributed by atoms with Gasteiger partial charge in [0, 0.05) is 24.4 Å². The molecule has 9 nitrogen and oxygen atoms in total. The first-order chi connectivity index (χ1) is 17.8. The molecule has 4 rings (SSSR count). The fraction of sp³-hybridized carbons (Fsp3) is 0.250. The molecule has 37 heavy (non-hydrogen) atoms. The maximum atomic E-state index is 13.6. The Morgan fingerprint density at radius 1 is 1.00 bits per heavy atom. The Kier molecular flexibility index (Phi) is 7.62. The Morgan fingerprint density at radius 3 is 2.30 bits per heavy atom. The van der Waals surface area contributed by atoms with Gasteiger partial charge in [0.25, 0.3) is 11.2 Å². The van der Waals surface area contributed by atoms with E-state index in [1.165, 1.54) is 24.3 Å². The van der Waals surface area contributed by atoms with Gasteiger partial charge in [0.1, 0.15) is 5.82 Å². The molecule has 1 heterocycles. The van der Waals surface area contributed by atoms with E-state index in [4.69, 9.17) is 4.98 Å². The van der Waals surface area contributed by atoms with Gasteiger partial charge in [-0.05, 0) is 55.7 Å². The number of urea groups is 1. The van der Waals surface area contributed by atoms with Gasteiger partial charge in [-0.15, -0.1) is 0 Å². The van der Waals surface area contributed by atoms with Crippen LogP contribution in [-0.4, -0.2) is 32.0 Å². The van der Waals surface area contributed by atoms with Gasteiger partial charge in [0.05, 0.1) is 27.6 Å². The fourth-order valence-electron chi connectivity index (χ4n) is 4.13. The maximum absolute atomic E-state index is 13.6. The minimum absolute atomic E-state index is 0.0599. The first-order valence-electron chi connectivity index (χ1n) is 12.2. The number of anilines is 1. The predicted molar refractivity (Wildman–Crippen MR) is 144 cm³/mol. The molecule has 1 atom stereocenters. The first-order valence-corrected chi connectivity index (χ1v) is 12.2. The van der Waals surface area contributed by atoms with Gasteiger partial charge in [0.15, 0.2) is 0 Å². The Labute approximate surface area is 214 Å². The van der Waals surface area contributed by atoms with Crippen molar-refractivity contribution in [2.45, 2.75) is 33.2 Å². The predicted octanol–water partition coefficient (Wildman–Crippen LogP) is 5.94. The van der Waals surface area contributed by atoms with Crippen LogP contribution in [-0.2, 0) is 0 Å². The molecule has 0 radical (unpaired) electrons. The third-order valence-corrected chi connectivity index (χ3v) is 6.19. The van der Waals surface area contributed by atoms with Crippen molar-refractivity contribution in [2.75, 3.05) is 11.9 Å². The number of rotatable bonds is 8. The summed E-state index contributed by atoms with van der Waals surface area (Å²) in [6.45, 7) is 6.43. The monoisotopic (exact) mass is 499 g/mol. The van der Waals surface area contributed by atoms with E-state index in [1.807, 2.05) is 43.3 Å². The van der Waals surface area contributed by atoms with E-state index in [1.54, 1.807) is 27.7 Å². The number of nitro benzene ring substituents is 1. The summed E-state index contributed by atoms with van der Waals surface area (Å²) in [6.07, 6.45) is 0.737. The minimum Gasteiger partial charge on any atom is -0.315 e. The first kappa shape index (κ1) is 25.6. The number of carbonyl (C=O) groups excluding carboxylic acids is 1. The fourth-order valence-corrected chi connectivity index (χ4v) is 4.13. The molecule has 0 saturated carbocycles. The Hall–Kier alpha value is -4.53. The van der Waals surface area contributed by atoms with Crippen molar-refractivity contribution in [3.05, 3.63) is 105 Å². The summed E-state index contributed by atoms with van der Waals surface area (Å²) in [5.41, 5.74) is 1.38. The number of hydrogen-bond donors (Lipinski definition) is 1. The topological polar surface area (TPSA) is 110 Å². The second-order valence-corrected chi connectivity index (χ2v) is 9.25. The van der Waals surface area contributed by atoms with Crippen molar-refractivity contribution >= 4 is 28.3 Å². The van der Waals surface area contributed by atoms with Crippen LogP contribution in [0.15, 0.2) is 83.7 Å². The average Bonchev–Trinajstić information content (AvgIpc) is 2.89. The van der Waals surface area contributed by atoms with E-state index in [-0.39, 0.29) is 17.3 Å². The van der Waals surface area contributed by atoms with Gasteiger partial charge in [-0.2, -0.15) is 0 Å². The molecule has 1 N–H and O–H groups in total. The average molecular weight is 500 g/mol. The molecular formula is C28H29N5O4. The summed E-state index contributed by atoms with van der Waals surface area (Å²) in [6, 6.07) is 21.1. The number of carbonyl (C=O) groups is 1. The largest absolute Gasteiger partial charge is 0.322 e. The van der Waals surface area contributed by atoms with Gasteiger partial charge in [-0.1, -0.05) is 44.2 Å². The van der Waals surface area contributed by atoms with Gasteiger partial charge < -0.3 is 10.2 Å². The van der Waals surface area contributed by atoms with Crippen molar-refractivity contribution in [2.24, 2.45) is 5.92 Å². The third-order valence-electron chi connectivity index (χ3n) is 6.19. The van der Waals surface area contributed by atoms with Crippen molar-refractivity contribution in [1.82, 2.24) is 14.5 Å². The molecular weight excluding hydrogens is 470 g/mol. The van der Waals surface area contributed by atoms with Crippen LogP contribution in [0.2, 0.25) is 0 Å². The number of nitro groups is 1. The molecule has 0 spiro atoms. The zero-order chi connectivity index (χ0) is 26.5. The number of fused-ring (bicyclic) bond motifs is 1. The van der Waals surface area contributed by atoms with Crippen LogP contribution < -0.4 is 10.9 Å². The van der Waals surface area contributed by atoms with Gasteiger partial charge in [-0.25, -0.2) is 9.78 Å². The van der Waals surface area contributed by atoms with Crippen LogP contribution in [0, 0.1) is 16.0 Å². The quantitative estimate of drug-likeness (QED) is 0.238. The van der Waals surface area contributed by atoms with E-state index in [9.17, 15) is 19.7 Å². The molecule has 1 unspecified atom stereocenters. The van der Waals surface area contributed by atoms with E-state index in [0.29, 0.717) is 40.6 Å². The highest BCUT2D eigenvalue weighted by Crippen LogP contribution is 2.25. The van der Waals surface area contributed by atoms with E-state index < -0.39 is 11.0 Å². The molecule has 9 heteroatoms. The highest BCUT2D eigenvalue weighted by molar-refractivity contribution is 5.89. The Balaban J connectivity index is 1.77. The molecule has 0 fully saturated rings. The molecule has 0 aliphatic heterocycles. The van der Waals surface area contributed by atoms with Crippen molar-refractivity contribution in [1.29, 1.82) is 0 Å². The highest BCUT2D eigenvalue weighted by Gasteiger charge is 2.27. The number of aromatic nitrogens is 2. The number of nitrogens with zero attached hydrogens (tertiary/aromatic N) is 4. The standard InChI is InChI=1S/C28H29N5O4/c1-19(2)17-18-31(28(35)29-21-13-15-23(16-14-21)33(36)37)20(3)26-30-25-12-8-7-11-24(25)27(34)32(26)22-9-5-4-6-10-22/h4-16,19-20H,17-18H2,1-3H3,(H,29,35). The smallest absolute Gasteiger partial charge is 0.315 e. The Morgan fingerprint density at radius 2 is 1.65 bits per heavy atom. The lowest BCUT2D eigenvalue weighted by Gasteiger charge is -2.31. The van der Waals surface area contributed by atoms with Gasteiger partial charge >= 0.3 is 6.03 Å². The summed E-state index contributed by atoms with van der Waals surface area (Å²) in [7, 11) is 0. The zero-order valence-electron chi connectivity index (χ0n) is 21.0. The van der Waals surface area contributed by atoms with Crippen molar-refractivity contribution in [3.8, 4) is 5.69 Å². The van der Waals surface area contributed by atoms with Crippen LogP contribution in [0.3, 0.4) is 0 Å². The number of benzene rings is 3. The summed E-state index contributed by atoms with van der Waals surface area (Å²) in [5, 5.41) is 14.3. The van der Waals surface area contributed by atoms with E-state index in [2.05, 4.69) is 19.2 Å². The molecule has 4 aromatic rings. The SMILES string of the molecule is CC(C)CCN(C(=O)Nc1ccc([N+](=O)[O-])cc1)C(C)c1nc2ccccc2c(=O)n1-c1ccccc1. The molecule has 3 aromatic carbocycles. The molecule has 2 amide bonds. The lowest BCUT2D eigenvalue weighted by Crippen LogP contribution is -2.40. The normalized spacial score (nSPS) is 11.9. The Bertz CT molecular complexity index is 1470. The summed E-state index contributed by atoms with van der Waals surface area (Å²) < 4.78 is 1.56. The van der Waals surface area contributed by atoms with Crippen LogP contribution in [0.25, 0.3) is 16.6 Å². The summed E-state index contributed by atoms with van der Waals surface area (Å²) in [5.74, 6) is 0.778. The van der Waals surface area contributed by atoms with E-state index >= 15 is 0 Å². The molecule has 0 saturated heterocycles. The number of nitrogens with one attached hydrogen (secondary N) is 1. The second-order valence-electron chi connectivity index (χ2n) is 9.25. The van der Waals surface area contributed by atoms with Crippen LogP contribution in [0.5, 0.6) is 0 Å². The van der Waals surface area contributed by atoms with Crippen LogP contribution in [0.1, 0.15) is 39.1 Å². The number of para-hydroxylation sites is 2. The lowest BCUT2D eigenvalue weighted by molar-refractivity contribution is -0.384. The van der Waals surface area contributed by atoms with Crippen molar-refractivity contribution < 1.29 is 9.72 Å². The van der Waals surface area contributed by atoms with Gasteiger partial charge in [-0.3, -0.25) is 19.5 Å². The molecule has 190 valence electrons. The summed E-state index contributed by atoms with van der Waals surface area (Å²) >= 11 is 0. The second kappa shape index (κ2) is 11.0.